The molecule has 0 amide bonds. The van der Waals surface area contributed by atoms with Gasteiger partial charge in [-0.2, -0.15) is 0 Å². The van der Waals surface area contributed by atoms with Gasteiger partial charge in [-0.1, -0.05) is 133 Å². The van der Waals surface area contributed by atoms with Crippen LogP contribution >= 0.6 is 0 Å². The second kappa shape index (κ2) is 11.3. The van der Waals surface area contributed by atoms with E-state index in [9.17, 15) is 0 Å². The number of anilines is 3. The van der Waals surface area contributed by atoms with Gasteiger partial charge in [0.2, 0.25) is 0 Å². The molecule has 0 radical (unpaired) electrons. The lowest BCUT2D eigenvalue weighted by atomic mass is 9.86. The first-order chi connectivity index (χ1) is 25.8. The van der Waals surface area contributed by atoms with Gasteiger partial charge in [-0.25, -0.2) is 0 Å². The Morgan fingerprint density at radius 2 is 0.827 bits per heavy atom. The molecule has 11 rings (SSSR count). The second-order valence-corrected chi connectivity index (χ2v) is 13.7. The first-order valence-electron chi connectivity index (χ1n) is 17.8. The minimum Gasteiger partial charge on any atom is -0.456 e. The Kier molecular flexibility index (Phi) is 6.28. The molecule has 0 bridgehead atoms. The third-order valence-electron chi connectivity index (χ3n) is 10.8. The van der Waals surface area contributed by atoms with Crippen molar-refractivity contribution in [3.05, 3.63) is 188 Å². The first-order valence-corrected chi connectivity index (χ1v) is 17.8. The Labute approximate surface area is 301 Å². The molecule has 10 aromatic carbocycles. The topological polar surface area (TPSA) is 16.4 Å². The monoisotopic (exact) mass is 661 g/mol. The molecular weight excluding hydrogens is 631 g/mol. The largest absolute Gasteiger partial charge is 0.456 e. The number of furan rings is 1. The van der Waals surface area contributed by atoms with Gasteiger partial charge in [-0.05, 0) is 110 Å². The molecule has 0 aliphatic rings. The van der Waals surface area contributed by atoms with Crippen LogP contribution in [0.5, 0.6) is 0 Å². The number of rotatable bonds is 6. The summed E-state index contributed by atoms with van der Waals surface area (Å²) >= 11 is 0. The highest BCUT2D eigenvalue weighted by Gasteiger charge is 2.22. The van der Waals surface area contributed by atoms with Crippen LogP contribution in [0.15, 0.2) is 192 Å². The van der Waals surface area contributed by atoms with Crippen LogP contribution in [0.4, 0.5) is 17.1 Å². The number of hydrogen-bond acceptors (Lipinski definition) is 2. The molecule has 2 nitrogen and oxygen atoms in total. The lowest BCUT2D eigenvalue weighted by Gasteiger charge is -2.26. The average Bonchev–Trinajstić information content (AvgIpc) is 3.61. The van der Waals surface area contributed by atoms with Crippen LogP contribution in [0.25, 0.3) is 87.6 Å². The van der Waals surface area contributed by atoms with E-state index in [0.717, 1.165) is 28.2 Å². The minimum absolute atomic E-state index is 0.942. The van der Waals surface area contributed by atoms with Crippen molar-refractivity contribution in [2.75, 3.05) is 4.90 Å². The molecular formula is C50H31NO. The fourth-order valence-corrected chi connectivity index (χ4v) is 8.40. The van der Waals surface area contributed by atoms with Crippen molar-refractivity contribution in [1.82, 2.24) is 0 Å². The Hall–Kier alpha value is -6.90. The van der Waals surface area contributed by atoms with Gasteiger partial charge in [0.25, 0.3) is 0 Å². The Balaban J connectivity index is 1.01. The fraction of sp³-hybridized carbons (Fsp3) is 0. The summed E-state index contributed by atoms with van der Waals surface area (Å²) in [5.74, 6) is 0. The molecule has 2 heteroatoms. The van der Waals surface area contributed by atoms with Crippen molar-refractivity contribution in [3.8, 4) is 33.4 Å². The van der Waals surface area contributed by atoms with E-state index in [0.29, 0.717) is 0 Å². The molecule has 1 aromatic heterocycles. The van der Waals surface area contributed by atoms with E-state index in [1.165, 1.54) is 76.5 Å². The molecule has 0 atom stereocenters. The normalized spacial score (nSPS) is 11.8. The maximum Gasteiger partial charge on any atom is 0.136 e. The molecule has 0 saturated carbocycles. The predicted molar refractivity (Wildman–Crippen MR) is 220 cm³/mol. The highest BCUT2D eigenvalue weighted by atomic mass is 16.3. The van der Waals surface area contributed by atoms with Crippen LogP contribution < -0.4 is 4.90 Å². The number of nitrogens with zero attached hydrogens (tertiary/aromatic N) is 1. The summed E-state index contributed by atoms with van der Waals surface area (Å²) in [5.41, 5.74) is 12.4. The van der Waals surface area contributed by atoms with Crippen LogP contribution in [0.2, 0.25) is 0 Å². The van der Waals surface area contributed by atoms with E-state index < -0.39 is 0 Å². The van der Waals surface area contributed by atoms with Crippen LogP contribution in [-0.4, -0.2) is 0 Å². The summed E-state index contributed by atoms with van der Waals surface area (Å²) in [6, 6.07) is 67.8. The lowest BCUT2D eigenvalue weighted by molar-refractivity contribution is 0.669. The highest BCUT2D eigenvalue weighted by Crippen LogP contribution is 2.49. The van der Waals surface area contributed by atoms with Crippen LogP contribution in [0.1, 0.15) is 0 Å². The summed E-state index contributed by atoms with van der Waals surface area (Å²) in [6.07, 6.45) is 0. The number of fused-ring (bicyclic) bond motifs is 1. The van der Waals surface area contributed by atoms with Crippen molar-refractivity contribution in [3.63, 3.8) is 0 Å². The maximum absolute atomic E-state index is 6.48. The van der Waals surface area contributed by atoms with Crippen LogP contribution in [-0.2, 0) is 0 Å². The van der Waals surface area contributed by atoms with Gasteiger partial charge < -0.3 is 9.32 Å². The zero-order valence-electron chi connectivity index (χ0n) is 28.3. The van der Waals surface area contributed by atoms with E-state index in [1.807, 2.05) is 0 Å². The van der Waals surface area contributed by atoms with Gasteiger partial charge in [0, 0.05) is 38.6 Å². The van der Waals surface area contributed by atoms with Crippen LogP contribution in [0.3, 0.4) is 0 Å². The van der Waals surface area contributed by atoms with E-state index >= 15 is 0 Å². The zero-order valence-corrected chi connectivity index (χ0v) is 28.3. The Morgan fingerprint density at radius 1 is 0.308 bits per heavy atom. The molecule has 1 heterocycles. The summed E-state index contributed by atoms with van der Waals surface area (Å²) in [4.78, 5) is 2.32. The fourth-order valence-electron chi connectivity index (χ4n) is 8.40. The first kappa shape index (κ1) is 28.9. The summed E-state index contributed by atoms with van der Waals surface area (Å²) in [5, 5.41) is 10.1. The molecule has 0 unspecified atom stereocenters. The number of para-hydroxylation sites is 1. The molecule has 52 heavy (non-hydrogen) atoms. The number of benzene rings is 10. The van der Waals surface area contributed by atoms with E-state index in [-0.39, 0.29) is 0 Å². The van der Waals surface area contributed by atoms with Gasteiger partial charge in [0.05, 0.1) is 0 Å². The molecule has 0 aliphatic heterocycles. The SMILES string of the molecule is c1ccc(-c2ccc(N(c3ccccc3)c3ccc(-c4cccc(-c5ccc6oc7ccc8ccc9cccc%10c5c6c7c8c9%10)c4)cc3)cc2)cc1. The minimum atomic E-state index is 0.942. The molecule has 0 saturated heterocycles. The summed E-state index contributed by atoms with van der Waals surface area (Å²) in [6.45, 7) is 0. The molecule has 242 valence electrons. The average molecular weight is 662 g/mol. The van der Waals surface area contributed by atoms with Crippen molar-refractivity contribution in [2.24, 2.45) is 0 Å². The second-order valence-electron chi connectivity index (χ2n) is 13.7. The Bertz CT molecular complexity index is 3030. The molecule has 11 aromatic rings. The molecule has 0 N–H and O–H groups in total. The summed E-state index contributed by atoms with van der Waals surface area (Å²) < 4.78 is 6.48. The van der Waals surface area contributed by atoms with Crippen molar-refractivity contribution in [2.45, 2.75) is 0 Å². The quantitative estimate of drug-likeness (QED) is 0.130. The standard InChI is InChI=1S/C50H31NO/c1-3-9-32(10-4-1)33-19-24-40(25-20-33)51(39-14-5-2-6-15-39)41-26-21-34(22-27-41)37-12-7-13-38(31-37)42-28-30-45-50-48(42)43-16-8-11-35-17-18-36-23-29-44(52-45)49(50)47(36)46(35)43/h1-31H. The molecule has 0 aliphatic carbocycles. The number of hydrogen-bond donors (Lipinski definition) is 0. The van der Waals surface area contributed by atoms with Crippen molar-refractivity contribution >= 4 is 71.3 Å². The summed E-state index contributed by atoms with van der Waals surface area (Å²) in [7, 11) is 0. The smallest absolute Gasteiger partial charge is 0.136 e. The molecule has 0 spiro atoms. The van der Waals surface area contributed by atoms with Gasteiger partial charge in [0.15, 0.2) is 0 Å². The zero-order chi connectivity index (χ0) is 34.2. The maximum atomic E-state index is 6.48. The lowest BCUT2D eigenvalue weighted by Crippen LogP contribution is -2.09. The van der Waals surface area contributed by atoms with E-state index in [4.69, 9.17) is 4.42 Å². The van der Waals surface area contributed by atoms with Crippen molar-refractivity contribution < 1.29 is 4.42 Å². The third kappa shape index (κ3) is 4.38. The highest BCUT2D eigenvalue weighted by molar-refractivity contribution is 6.40. The van der Waals surface area contributed by atoms with Gasteiger partial charge in [-0.15, -0.1) is 0 Å². The van der Waals surface area contributed by atoms with E-state index in [1.54, 1.807) is 0 Å². The van der Waals surface area contributed by atoms with E-state index in [2.05, 4.69) is 193 Å². The van der Waals surface area contributed by atoms with Gasteiger partial charge in [0.1, 0.15) is 11.2 Å². The third-order valence-corrected chi connectivity index (χ3v) is 10.8. The van der Waals surface area contributed by atoms with Crippen molar-refractivity contribution in [1.29, 1.82) is 0 Å². The Morgan fingerprint density at radius 3 is 1.56 bits per heavy atom. The van der Waals surface area contributed by atoms with Gasteiger partial charge >= 0.3 is 0 Å². The predicted octanol–water partition coefficient (Wildman–Crippen LogP) is 14.4. The van der Waals surface area contributed by atoms with Gasteiger partial charge in [-0.3, -0.25) is 0 Å². The molecule has 0 fully saturated rings. The van der Waals surface area contributed by atoms with Crippen LogP contribution in [0, 0.1) is 0 Å².